The highest BCUT2D eigenvalue weighted by Gasteiger charge is 2.16. The summed E-state index contributed by atoms with van der Waals surface area (Å²) in [5.74, 6) is 0.558. The van der Waals surface area contributed by atoms with Gasteiger partial charge in [0.2, 0.25) is 0 Å². The normalized spacial score (nSPS) is 11.0. The van der Waals surface area contributed by atoms with Gasteiger partial charge >= 0.3 is 0 Å². The van der Waals surface area contributed by atoms with Crippen molar-refractivity contribution in [1.29, 1.82) is 0 Å². The molecule has 118 valence electrons. The third-order valence-electron chi connectivity index (χ3n) is 4.24. The second-order valence-electron chi connectivity index (χ2n) is 5.67. The van der Waals surface area contributed by atoms with Crippen LogP contribution in [0.15, 0.2) is 33.2 Å². The summed E-state index contributed by atoms with van der Waals surface area (Å²) in [6, 6.07) is 7.36. The van der Waals surface area contributed by atoms with Crippen LogP contribution in [0.3, 0.4) is 0 Å². The van der Waals surface area contributed by atoms with E-state index < -0.39 is 0 Å². The summed E-state index contributed by atoms with van der Waals surface area (Å²) in [6.07, 6.45) is 0. The lowest BCUT2D eigenvalue weighted by Gasteiger charge is -2.13. The maximum atomic E-state index is 12.5. The van der Waals surface area contributed by atoms with E-state index in [1.54, 1.807) is 6.07 Å². The third-order valence-corrected chi connectivity index (χ3v) is 4.73. The Morgan fingerprint density at radius 2 is 1.83 bits per heavy atom. The van der Waals surface area contributed by atoms with Crippen LogP contribution in [0, 0.1) is 27.7 Å². The van der Waals surface area contributed by atoms with Crippen molar-refractivity contribution in [1.82, 2.24) is 4.98 Å². The minimum atomic E-state index is -0.296. The maximum absolute atomic E-state index is 12.5. The van der Waals surface area contributed by atoms with E-state index in [0.29, 0.717) is 11.4 Å². The predicted octanol–water partition coefficient (Wildman–Crippen LogP) is 5.08. The number of rotatable bonds is 2. The highest BCUT2D eigenvalue weighted by Crippen LogP contribution is 2.25. The number of pyridine rings is 1. The third kappa shape index (κ3) is 2.88. The molecule has 2 aromatic heterocycles. The number of anilines is 1. The van der Waals surface area contributed by atoms with Crippen LogP contribution in [-0.2, 0) is 0 Å². The number of benzene rings is 1. The molecule has 0 aliphatic rings. The second kappa shape index (κ2) is 5.81. The first-order valence-corrected chi connectivity index (χ1v) is 8.11. The number of hydrogen-bond acceptors (Lipinski definition) is 3. The summed E-state index contributed by atoms with van der Waals surface area (Å²) in [4.78, 5) is 17.0. The lowest BCUT2D eigenvalue weighted by molar-refractivity contribution is 0.0998. The molecule has 5 heteroatoms. The summed E-state index contributed by atoms with van der Waals surface area (Å²) in [6.45, 7) is 7.97. The van der Waals surface area contributed by atoms with Gasteiger partial charge in [0.05, 0.1) is 0 Å². The molecule has 0 atom stereocenters. The molecule has 0 radical (unpaired) electrons. The number of nitrogens with zero attached hydrogens (tertiary/aromatic N) is 1. The molecule has 0 saturated heterocycles. The lowest BCUT2D eigenvalue weighted by atomic mass is 10.0. The van der Waals surface area contributed by atoms with Gasteiger partial charge in [-0.15, -0.1) is 0 Å². The van der Waals surface area contributed by atoms with Crippen LogP contribution >= 0.6 is 15.9 Å². The average molecular weight is 373 g/mol. The zero-order chi connectivity index (χ0) is 16.7. The SMILES string of the molecule is Cc1nc(NC(=O)c2cc3cc(Br)ccc3o2)c(C)c(C)c1C. The summed E-state index contributed by atoms with van der Waals surface area (Å²) >= 11 is 3.41. The maximum Gasteiger partial charge on any atom is 0.292 e. The van der Waals surface area contributed by atoms with E-state index in [1.807, 2.05) is 45.9 Å². The molecule has 0 fully saturated rings. The van der Waals surface area contributed by atoms with Gasteiger partial charge in [-0.1, -0.05) is 15.9 Å². The molecule has 0 spiro atoms. The molecular weight excluding hydrogens is 356 g/mol. The van der Waals surface area contributed by atoms with Crippen LogP contribution in [0.5, 0.6) is 0 Å². The number of aromatic nitrogens is 1. The van der Waals surface area contributed by atoms with Crippen molar-refractivity contribution in [2.75, 3.05) is 5.32 Å². The van der Waals surface area contributed by atoms with E-state index >= 15 is 0 Å². The first-order chi connectivity index (χ1) is 10.9. The number of furan rings is 1. The molecule has 1 amide bonds. The molecule has 3 aromatic rings. The highest BCUT2D eigenvalue weighted by molar-refractivity contribution is 9.10. The van der Waals surface area contributed by atoms with Crippen molar-refractivity contribution in [2.45, 2.75) is 27.7 Å². The number of carbonyl (C=O) groups is 1. The number of nitrogens with one attached hydrogen (secondary N) is 1. The van der Waals surface area contributed by atoms with E-state index in [2.05, 4.69) is 26.2 Å². The van der Waals surface area contributed by atoms with Crippen LogP contribution in [0.4, 0.5) is 5.82 Å². The standard InChI is InChI=1S/C18H17BrN2O2/c1-9-10(2)12(4)20-17(11(9)3)21-18(22)16-8-13-7-14(19)5-6-15(13)23-16/h5-8H,1-4H3,(H,20,21,22). The van der Waals surface area contributed by atoms with Gasteiger partial charge in [-0.2, -0.15) is 0 Å². The summed E-state index contributed by atoms with van der Waals surface area (Å²) in [7, 11) is 0. The van der Waals surface area contributed by atoms with Crippen LogP contribution < -0.4 is 5.32 Å². The first kappa shape index (κ1) is 15.7. The molecular formula is C18H17BrN2O2. The monoisotopic (exact) mass is 372 g/mol. The Labute approximate surface area is 143 Å². The van der Waals surface area contributed by atoms with Gasteiger partial charge in [-0.3, -0.25) is 4.79 Å². The molecule has 1 N–H and O–H groups in total. The highest BCUT2D eigenvalue weighted by atomic mass is 79.9. The van der Waals surface area contributed by atoms with Crippen molar-refractivity contribution in [3.63, 3.8) is 0 Å². The van der Waals surface area contributed by atoms with Gasteiger partial charge < -0.3 is 9.73 Å². The van der Waals surface area contributed by atoms with Crippen molar-refractivity contribution in [3.05, 3.63) is 56.9 Å². The number of fused-ring (bicyclic) bond motifs is 1. The Morgan fingerprint density at radius 3 is 2.57 bits per heavy atom. The van der Waals surface area contributed by atoms with Gasteiger partial charge in [-0.25, -0.2) is 4.98 Å². The van der Waals surface area contributed by atoms with Gasteiger partial charge in [-0.05, 0) is 68.7 Å². The Balaban J connectivity index is 1.95. The fraction of sp³-hybridized carbons (Fsp3) is 0.222. The van der Waals surface area contributed by atoms with E-state index in [1.165, 1.54) is 0 Å². The van der Waals surface area contributed by atoms with E-state index in [9.17, 15) is 4.79 Å². The van der Waals surface area contributed by atoms with Crippen molar-refractivity contribution < 1.29 is 9.21 Å². The largest absolute Gasteiger partial charge is 0.451 e. The molecule has 1 aromatic carbocycles. The smallest absolute Gasteiger partial charge is 0.292 e. The molecule has 0 unspecified atom stereocenters. The van der Waals surface area contributed by atoms with Crippen LogP contribution in [-0.4, -0.2) is 10.9 Å². The summed E-state index contributed by atoms with van der Waals surface area (Å²) in [5, 5.41) is 3.74. The van der Waals surface area contributed by atoms with Gasteiger partial charge in [0.25, 0.3) is 5.91 Å². The van der Waals surface area contributed by atoms with Crippen LogP contribution in [0.2, 0.25) is 0 Å². The summed E-state index contributed by atoms with van der Waals surface area (Å²) in [5.41, 5.74) is 4.85. The fourth-order valence-electron chi connectivity index (χ4n) is 2.48. The van der Waals surface area contributed by atoms with Crippen LogP contribution in [0.25, 0.3) is 11.0 Å². The Morgan fingerprint density at radius 1 is 1.09 bits per heavy atom. The zero-order valence-electron chi connectivity index (χ0n) is 13.5. The molecule has 0 aliphatic heterocycles. The van der Waals surface area contributed by atoms with Gasteiger partial charge in [0.1, 0.15) is 11.4 Å². The quantitative estimate of drug-likeness (QED) is 0.682. The number of carbonyl (C=O) groups excluding carboxylic acids is 1. The molecule has 3 rings (SSSR count). The topological polar surface area (TPSA) is 55.1 Å². The van der Waals surface area contributed by atoms with E-state index in [-0.39, 0.29) is 11.7 Å². The molecule has 23 heavy (non-hydrogen) atoms. The predicted molar refractivity (Wildman–Crippen MR) is 95.1 cm³/mol. The van der Waals surface area contributed by atoms with Crippen LogP contribution in [0.1, 0.15) is 32.9 Å². The van der Waals surface area contributed by atoms with E-state index in [0.717, 1.165) is 32.2 Å². The number of halogens is 1. The lowest BCUT2D eigenvalue weighted by Crippen LogP contribution is -2.14. The fourth-order valence-corrected chi connectivity index (χ4v) is 2.86. The van der Waals surface area contributed by atoms with E-state index in [4.69, 9.17) is 4.42 Å². The molecule has 0 aliphatic carbocycles. The van der Waals surface area contributed by atoms with Crippen molar-refractivity contribution >= 4 is 38.6 Å². The van der Waals surface area contributed by atoms with Crippen molar-refractivity contribution in [2.24, 2.45) is 0 Å². The summed E-state index contributed by atoms with van der Waals surface area (Å²) < 4.78 is 6.56. The number of aryl methyl sites for hydroxylation is 1. The minimum Gasteiger partial charge on any atom is -0.451 e. The Kier molecular flexibility index (Phi) is 3.98. The molecule has 2 heterocycles. The molecule has 0 bridgehead atoms. The van der Waals surface area contributed by atoms with Gasteiger partial charge in [0.15, 0.2) is 5.76 Å². The first-order valence-electron chi connectivity index (χ1n) is 7.31. The Bertz CT molecular complexity index is 928. The number of amides is 1. The Hall–Kier alpha value is -2.14. The molecule has 4 nitrogen and oxygen atoms in total. The van der Waals surface area contributed by atoms with Crippen molar-refractivity contribution in [3.8, 4) is 0 Å². The average Bonchev–Trinajstić information content (AvgIpc) is 2.93. The minimum absolute atomic E-state index is 0.273. The van der Waals surface area contributed by atoms with Gasteiger partial charge in [0, 0.05) is 15.6 Å². The second-order valence-corrected chi connectivity index (χ2v) is 6.58. The zero-order valence-corrected chi connectivity index (χ0v) is 15.0. The molecule has 0 saturated carbocycles. The number of hydrogen-bond donors (Lipinski definition) is 1.